The predicted octanol–water partition coefficient (Wildman–Crippen LogP) is 5.67. The van der Waals surface area contributed by atoms with Gasteiger partial charge in [-0.2, -0.15) is 26.3 Å². The van der Waals surface area contributed by atoms with Gasteiger partial charge in [-0.25, -0.2) is 0 Å². The molecular formula is C19H15F6NO3S. The molecular weight excluding hydrogens is 436 g/mol. The molecule has 0 bridgehead atoms. The van der Waals surface area contributed by atoms with Gasteiger partial charge >= 0.3 is 12.4 Å². The fourth-order valence-corrected chi connectivity index (χ4v) is 2.98. The van der Waals surface area contributed by atoms with E-state index in [2.05, 4.69) is 5.32 Å². The number of anilines is 1. The summed E-state index contributed by atoms with van der Waals surface area (Å²) in [5, 5.41) is 2.57. The lowest BCUT2D eigenvalue weighted by Gasteiger charge is -2.15. The summed E-state index contributed by atoms with van der Waals surface area (Å²) in [6, 6.07) is 5.04. The van der Waals surface area contributed by atoms with Gasteiger partial charge in [0.05, 0.1) is 16.8 Å². The standard InChI is InChI=1S/C19H15F6NO3S/c1-10(27)26-15-4-3-11(5-17(15)30-2)16(28)9-29-14-7-12(18(20,21)22)6-13(8-14)19(23,24)25/h3-8H,9H2,1-2H3,(H,26,27). The molecule has 0 saturated heterocycles. The number of Topliss-reactive ketones (excluding diaryl/α,β-unsaturated/α-hetero) is 1. The van der Waals surface area contributed by atoms with Crippen LogP contribution in [0.2, 0.25) is 0 Å². The first-order valence-corrected chi connectivity index (χ1v) is 9.45. The van der Waals surface area contributed by atoms with Crippen LogP contribution in [0.25, 0.3) is 0 Å². The minimum atomic E-state index is -5.02. The highest BCUT2D eigenvalue weighted by Crippen LogP contribution is 2.38. The Balaban J connectivity index is 2.24. The second kappa shape index (κ2) is 8.99. The number of rotatable bonds is 6. The van der Waals surface area contributed by atoms with E-state index in [1.165, 1.54) is 36.9 Å². The molecule has 1 N–H and O–H groups in total. The van der Waals surface area contributed by atoms with E-state index in [9.17, 15) is 35.9 Å². The third-order valence-corrected chi connectivity index (χ3v) is 4.54. The monoisotopic (exact) mass is 451 g/mol. The Labute approximate surface area is 171 Å². The number of hydrogen-bond donors (Lipinski definition) is 1. The van der Waals surface area contributed by atoms with Crippen LogP contribution in [0.3, 0.4) is 0 Å². The van der Waals surface area contributed by atoms with Crippen LogP contribution in [0.5, 0.6) is 5.75 Å². The number of carbonyl (C=O) groups is 2. The van der Waals surface area contributed by atoms with Crippen molar-refractivity contribution in [2.45, 2.75) is 24.2 Å². The quantitative estimate of drug-likeness (QED) is 0.350. The molecule has 0 atom stereocenters. The van der Waals surface area contributed by atoms with Crippen LogP contribution in [0.1, 0.15) is 28.4 Å². The topological polar surface area (TPSA) is 55.4 Å². The number of carbonyl (C=O) groups excluding carboxylic acids is 2. The molecule has 0 spiro atoms. The Morgan fingerprint density at radius 1 is 0.967 bits per heavy atom. The van der Waals surface area contributed by atoms with Crippen molar-refractivity contribution in [3.05, 3.63) is 53.1 Å². The molecule has 0 radical (unpaired) electrons. The van der Waals surface area contributed by atoms with E-state index in [4.69, 9.17) is 4.74 Å². The van der Waals surface area contributed by atoms with E-state index in [0.29, 0.717) is 22.7 Å². The van der Waals surface area contributed by atoms with E-state index >= 15 is 0 Å². The van der Waals surface area contributed by atoms with Crippen molar-refractivity contribution in [3.8, 4) is 5.75 Å². The van der Waals surface area contributed by atoms with Crippen LogP contribution in [0.15, 0.2) is 41.3 Å². The molecule has 2 aromatic carbocycles. The Bertz CT molecular complexity index is 924. The molecule has 4 nitrogen and oxygen atoms in total. The molecule has 0 saturated carbocycles. The summed E-state index contributed by atoms with van der Waals surface area (Å²) in [5.41, 5.74) is -2.50. The highest BCUT2D eigenvalue weighted by molar-refractivity contribution is 7.98. The van der Waals surface area contributed by atoms with E-state index in [1.807, 2.05) is 0 Å². The molecule has 0 unspecified atom stereocenters. The number of ketones is 1. The van der Waals surface area contributed by atoms with Crippen LogP contribution in [0.4, 0.5) is 32.0 Å². The fraction of sp³-hybridized carbons (Fsp3) is 0.263. The van der Waals surface area contributed by atoms with E-state index in [-0.39, 0.29) is 17.5 Å². The van der Waals surface area contributed by atoms with Crippen molar-refractivity contribution in [2.75, 3.05) is 18.2 Å². The lowest BCUT2D eigenvalue weighted by atomic mass is 10.1. The van der Waals surface area contributed by atoms with Gasteiger partial charge in [-0.3, -0.25) is 9.59 Å². The number of hydrogen-bond acceptors (Lipinski definition) is 4. The van der Waals surface area contributed by atoms with Gasteiger partial charge in [-0.15, -0.1) is 11.8 Å². The zero-order valence-electron chi connectivity index (χ0n) is 15.6. The molecule has 0 heterocycles. The Kier molecular flexibility index (Phi) is 7.06. The maximum Gasteiger partial charge on any atom is 0.416 e. The van der Waals surface area contributed by atoms with E-state index < -0.39 is 41.6 Å². The normalized spacial score (nSPS) is 11.9. The lowest BCUT2D eigenvalue weighted by molar-refractivity contribution is -0.143. The molecule has 0 aliphatic heterocycles. The van der Waals surface area contributed by atoms with Crippen molar-refractivity contribution in [1.82, 2.24) is 0 Å². The maximum atomic E-state index is 12.9. The number of nitrogens with one attached hydrogen (secondary N) is 1. The molecule has 11 heteroatoms. The molecule has 0 fully saturated rings. The molecule has 0 aromatic heterocycles. The van der Waals surface area contributed by atoms with Crippen LogP contribution >= 0.6 is 11.8 Å². The van der Waals surface area contributed by atoms with Crippen LogP contribution in [-0.4, -0.2) is 24.6 Å². The average Bonchev–Trinajstić information content (AvgIpc) is 2.64. The van der Waals surface area contributed by atoms with Gasteiger partial charge in [-0.1, -0.05) is 0 Å². The molecule has 2 aromatic rings. The first kappa shape index (κ1) is 23.6. The Hall–Kier alpha value is -2.69. The Morgan fingerprint density at radius 2 is 1.53 bits per heavy atom. The van der Waals surface area contributed by atoms with Crippen molar-refractivity contribution >= 4 is 29.1 Å². The summed E-state index contributed by atoms with van der Waals surface area (Å²) in [6.45, 7) is 0.535. The van der Waals surface area contributed by atoms with Crippen molar-refractivity contribution in [2.24, 2.45) is 0 Å². The summed E-state index contributed by atoms with van der Waals surface area (Å²) < 4.78 is 82.3. The average molecular weight is 451 g/mol. The summed E-state index contributed by atoms with van der Waals surface area (Å²) in [6.07, 6.45) is -8.33. The first-order valence-electron chi connectivity index (χ1n) is 8.22. The fourth-order valence-electron chi connectivity index (χ4n) is 2.40. The zero-order chi connectivity index (χ0) is 22.7. The number of thioether (sulfide) groups is 1. The first-order chi connectivity index (χ1) is 13.8. The third kappa shape index (κ3) is 6.15. The second-order valence-electron chi connectivity index (χ2n) is 6.05. The number of benzene rings is 2. The lowest BCUT2D eigenvalue weighted by Crippen LogP contribution is -2.15. The zero-order valence-corrected chi connectivity index (χ0v) is 16.4. The van der Waals surface area contributed by atoms with Crippen molar-refractivity contribution in [1.29, 1.82) is 0 Å². The predicted molar refractivity (Wildman–Crippen MR) is 98.8 cm³/mol. The van der Waals surface area contributed by atoms with Gasteiger partial charge in [0, 0.05) is 17.4 Å². The van der Waals surface area contributed by atoms with Crippen LogP contribution in [-0.2, 0) is 17.1 Å². The number of amides is 1. The third-order valence-electron chi connectivity index (χ3n) is 3.77. The summed E-state index contributed by atoms with van der Waals surface area (Å²) in [7, 11) is 0. The minimum Gasteiger partial charge on any atom is -0.485 e. The molecule has 1 amide bonds. The van der Waals surface area contributed by atoms with Gasteiger partial charge < -0.3 is 10.1 Å². The van der Waals surface area contributed by atoms with Crippen molar-refractivity contribution in [3.63, 3.8) is 0 Å². The second-order valence-corrected chi connectivity index (χ2v) is 6.90. The highest BCUT2D eigenvalue weighted by atomic mass is 32.2. The number of halogens is 6. The Morgan fingerprint density at radius 3 is 2.00 bits per heavy atom. The molecule has 0 aliphatic carbocycles. The molecule has 2 rings (SSSR count). The highest BCUT2D eigenvalue weighted by Gasteiger charge is 2.37. The molecule has 0 aliphatic rings. The van der Waals surface area contributed by atoms with Crippen LogP contribution in [0, 0.1) is 0 Å². The van der Waals surface area contributed by atoms with Gasteiger partial charge in [0.2, 0.25) is 5.91 Å². The maximum absolute atomic E-state index is 12.9. The largest absolute Gasteiger partial charge is 0.485 e. The number of alkyl halides is 6. The van der Waals surface area contributed by atoms with Crippen LogP contribution < -0.4 is 10.1 Å². The summed E-state index contributed by atoms with van der Waals surface area (Å²) in [5.74, 6) is -1.71. The molecule has 162 valence electrons. The van der Waals surface area contributed by atoms with Gasteiger partial charge in [0.25, 0.3) is 0 Å². The summed E-state index contributed by atoms with van der Waals surface area (Å²) >= 11 is 1.24. The minimum absolute atomic E-state index is 0.0276. The molecule has 30 heavy (non-hydrogen) atoms. The summed E-state index contributed by atoms with van der Waals surface area (Å²) in [4.78, 5) is 24.1. The SMILES string of the molecule is CSc1cc(C(=O)COc2cc(C(F)(F)F)cc(C(F)(F)F)c2)ccc1NC(C)=O. The van der Waals surface area contributed by atoms with Gasteiger partial charge in [0.15, 0.2) is 12.4 Å². The van der Waals surface area contributed by atoms with E-state index in [0.717, 1.165) is 0 Å². The van der Waals surface area contributed by atoms with Gasteiger partial charge in [0.1, 0.15) is 5.75 Å². The number of ether oxygens (including phenoxy) is 1. The smallest absolute Gasteiger partial charge is 0.416 e. The van der Waals surface area contributed by atoms with Gasteiger partial charge in [-0.05, 0) is 42.7 Å². The van der Waals surface area contributed by atoms with Crippen molar-refractivity contribution < 1.29 is 40.7 Å². The van der Waals surface area contributed by atoms with E-state index in [1.54, 1.807) is 6.26 Å².